The van der Waals surface area contributed by atoms with E-state index < -0.39 is 0 Å². The summed E-state index contributed by atoms with van der Waals surface area (Å²) in [7, 11) is 0. The van der Waals surface area contributed by atoms with Crippen molar-refractivity contribution in [2.24, 2.45) is 5.92 Å². The molecular weight excluding hydrogens is 334 g/mol. The van der Waals surface area contributed by atoms with Gasteiger partial charge in [-0.1, -0.05) is 24.6 Å². The lowest BCUT2D eigenvalue weighted by Crippen LogP contribution is -2.54. The number of amides is 1. The summed E-state index contributed by atoms with van der Waals surface area (Å²) in [6.45, 7) is 6.62. The van der Waals surface area contributed by atoms with Crippen LogP contribution in [0.2, 0.25) is 0 Å². The molecule has 1 N–H and O–H groups in total. The highest BCUT2D eigenvalue weighted by molar-refractivity contribution is 5.99. The number of aromatic nitrogens is 1. The molecule has 0 spiro atoms. The number of nitrogens with one attached hydrogen (secondary N) is 1. The Kier molecular flexibility index (Phi) is 4.12. The van der Waals surface area contributed by atoms with Crippen LogP contribution in [0.1, 0.15) is 44.2 Å². The number of nitrogens with zero attached hydrogens (tertiary/aromatic N) is 2. The first-order chi connectivity index (χ1) is 13.2. The Morgan fingerprint density at radius 1 is 1.26 bits per heavy atom. The molecule has 0 radical (unpaired) electrons. The maximum atomic E-state index is 13.2. The number of hydrogen-bond acceptors (Lipinski definition) is 2. The van der Waals surface area contributed by atoms with Gasteiger partial charge in [0.25, 0.3) is 0 Å². The van der Waals surface area contributed by atoms with Crippen molar-refractivity contribution in [1.82, 2.24) is 14.8 Å². The number of H-pyrrole nitrogens is 1. The van der Waals surface area contributed by atoms with Gasteiger partial charge in [-0.3, -0.25) is 9.69 Å². The molecule has 1 aromatic heterocycles. The van der Waals surface area contributed by atoms with Gasteiger partial charge in [-0.2, -0.15) is 0 Å². The first kappa shape index (κ1) is 17.1. The second kappa shape index (κ2) is 6.52. The highest BCUT2D eigenvalue weighted by atomic mass is 16.2. The summed E-state index contributed by atoms with van der Waals surface area (Å²) in [5, 5.41) is 1.37. The molecule has 0 saturated heterocycles. The minimum Gasteiger partial charge on any atom is -0.361 e. The molecule has 142 valence electrons. The van der Waals surface area contributed by atoms with Crippen molar-refractivity contribution in [3.8, 4) is 0 Å². The van der Waals surface area contributed by atoms with Gasteiger partial charge < -0.3 is 9.88 Å². The Bertz CT molecular complexity index is 903. The second-order valence-electron chi connectivity index (χ2n) is 8.28. The van der Waals surface area contributed by atoms with Crippen molar-refractivity contribution >= 4 is 22.4 Å². The lowest BCUT2D eigenvalue weighted by Gasteiger charge is -2.48. The Morgan fingerprint density at radius 2 is 2.07 bits per heavy atom. The molecular formula is C23H29N3O. The van der Waals surface area contributed by atoms with Crippen molar-refractivity contribution in [2.45, 2.75) is 51.6 Å². The molecule has 2 atom stereocenters. The van der Waals surface area contributed by atoms with E-state index in [2.05, 4.69) is 54.2 Å². The van der Waals surface area contributed by atoms with Gasteiger partial charge >= 0.3 is 0 Å². The van der Waals surface area contributed by atoms with Crippen LogP contribution in [0.4, 0.5) is 0 Å². The van der Waals surface area contributed by atoms with E-state index in [0.29, 0.717) is 18.0 Å². The summed E-state index contributed by atoms with van der Waals surface area (Å²) < 4.78 is 0. The topological polar surface area (TPSA) is 39.3 Å². The molecule has 1 saturated carbocycles. The average molecular weight is 364 g/mol. The quantitative estimate of drug-likeness (QED) is 0.897. The van der Waals surface area contributed by atoms with E-state index in [9.17, 15) is 4.79 Å². The molecule has 4 nitrogen and oxygen atoms in total. The minimum absolute atomic E-state index is 0.0208. The molecule has 2 aliphatic carbocycles. The van der Waals surface area contributed by atoms with Crippen LogP contribution in [0.15, 0.2) is 30.5 Å². The van der Waals surface area contributed by atoms with Gasteiger partial charge in [-0.25, -0.2) is 0 Å². The Labute approximate surface area is 161 Å². The first-order valence-electron chi connectivity index (χ1n) is 10.6. The molecule has 2 aromatic rings. The van der Waals surface area contributed by atoms with E-state index in [1.165, 1.54) is 46.9 Å². The van der Waals surface area contributed by atoms with Crippen molar-refractivity contribution in [3.05, 3.63) is 41.6 Å². The molecule has 2 heterocycles. The maximum absolute atomic E-state index is 13.2. The van der Waals surface area contributed by atoms with Gasteiger partial charge in [0.2, 0.25) is 5.91 Å². The normalized spacial score (nSPS) is 25.0. The third-order valence-corrected chi connectivity index (χ3v) is 7.00. The molecule has 5 rings (SSSR count). The zero-order valence-electron chi connectivity index (χ0n) is 16.4. The zero-order chi connectivity index (χ0) is 18.5. The SMILES string of the molecule is CCN(CC)C(=O)[C@@H]1C=C2c3cccc4[nH]cc(c34)C[C@H]2N(C2CCC2)C1. The summed E-state index contributed by atoms with van der Waals surface area (Å²) in [4.78, 5) is 21.3. The first-order valence-corrected chi connectivity index (χ1v) is 10.6. The Hall–Kier alpha value is -2.07. The van der Waals surface area contributed by atoms with Gasteiger partial charge in [0.1, 0.15) is 0 Å². The van der Waals surface area contributed by atoms with Gasteiger partial charge in [0, 0.05) is 48.8 Å². The largest absolute Gasteiger partial charge is 0.361 e. The lowest BCUT2D eigenvalue weighted by atomic mass is 9.77. The monoisotopic (exact) mass is 363 g/mol. The number of hydrogen-bond donors (Lipinski definition) is 1. The van der Waals surface area contributed by atoms with Crippen LogP contribution >= 0.6 is 0 Å². The van der Waals surface area contributed by atoms with Crippen LogP contribution in [-0.2, 0) is 11.2 Å². The van der Waals surface area contributed by atoms with Crippen molar-refractivity contribution in [1.29, 1.82) is 0 Å². The summed E-state index contributed by atoms with van der Waals surface area (Å²) in [6, 6.07) is 7.62. The van der Waals surface area contributed by atoms with Crippen LogP contribution in [0.25, 0.3) is 16.5 Å². The molecule has 1 aliphatic heterocycles. The average Bonchev–Trinajstić information content (AvgIpc) is 3.06. The van der Waals surface area contributed by atoms with Crippen molar-refractivity contribution in [3.63, 3.8) is 0 Å². The number of aromatic amines is 1. The summed E-state index contributed by atoms with van der Waals surface area (Å²) in [6.07, 6.45) is 9.45. The number of carbonyl (C=O) groups excluding carboxylic acids is 1. The molecule has 4 heteroatoms. The highest BCUT2D eigenvalue weighted by Crippen LogP contribution is 2.44. The third-order valence-electron chi connectivity index (χ3n) is 7.00. The fourth-order valence-corrected chi connectivity index (χ4v) is 5.32. The van der Waals surface area contributed by atoms with E-state index in [1.807, 2.05) is 4.90 Å². The Balaban J connectivity index is 1.61. The fraction of sp³-hybridized carbons (Fsp3) is 0.522. The van der Waals surface area contributed by atoms with E-state index in [1.54, 1.807) is 0 Å². The van der Waals surface area contributed by atoms with Crippen LogP contribution in [0.3, 0.4) is 0 Å². The lowest BCUT2D eigenvalue weighted by molar-refractivity contribution is -0.134. The molecule has 0 bridgehead atoms. The fourth-order valence-electron chi connectivity index (χ4n) is 5.32. The molecule has 0 unspecified atom stereocenters. The van der Waals surface area contributed by atoms with Crippen LogP contribution in [-0.4, -0.2) is 52.4 Å². The standard InChI is InChI=1S/C23H29N3O/c1-3-25(4-2)23(27)16-11-19-18-9-6-10-20-22(18)15(13-24-20)12-21(19)26(14-16)17-7-5-8-17/h6,9-11,13,16-17,21,24H,3-5,7-8,12,14H2,1-2H3/t16-,21-/m1/s1. The van der Waals surface area contributed by atoms with E-state index in [4.69, 9.17) is 0 Å². The highest BCUT2D eigenvalue weighted by Gasteiger charge is 2.41. The smallest absolute Gasteiger partial charge is 0.230 e. The van der Waals surface area contributed by atoms with Crippen LogP contribution < -0.4 is 0 Å². The molecule has 1 aromatic carbocycles. The minimum atomic E-state index is -0.0208. The number of carbonyl (C=O) groups is 1. The van der Waals surface area contributed by atoms with Crippen molar-refractivity contribution in [2.75, 3.05) is 19.6 Å². The van der Waals surface area contributed by atoms with Crippen molar-refractivity contribution < 1.29 is 4.79 Å². The van der Waals surface area contributed by atoms with E-state index in [-0.39, 0.29) is 5.92 Å². The van der Waals surface area contributed by atoms with Crippen LogP contribution in [0, 0.1) is 5.92 Å². The third kappa shape index (κ3) is 2.57. The number of benzene rings is 1. The Morgan fingerprint density at radius 3 is 2.78 bits per heavy atom. The van der Waals surface area contributed by atoms with Gasteiger partial charge in [-0.05, 0) is 55.9 Å². The second-order valence-corrected chi connectivity index (χ2v) is 8.28. The predicted octanol–water partition coefficient (Wildman–Crippen LogP) is 3.83. The zero-order valence-corrected chi connectivity index (χ0v) is 16.4. The predicted molar refractivity (Wildman–Crippen MR) is 110 cm³/mol. The maximum Gasteiger partial charge on any atom is 0.230 e. The van der Waals surface area contributed by atoms with Gasteiger partial charge in [0.05, 0.1) is 5.92 Å². The number of rotatable bonds is 4. The molecule has 27 heavy (non-hydrogen) atoms. The van der Waals surface area contributed by atoms with Crippen LogP contribution in [0.5, 0.6) is 0 Å². The molecule has 1 fully saturated rings. The number of fused-ring (bicyclic) bond motifs is 2. The van der Waals surface area contributed by atoms with E-state index in [0.717, 1.165) is 26.1 Å². The summed E-state index contributed by atoms with van der Waals surface area (Å²) in [5.41, 5.74) is 5.37. The molecule has 1 amide bonds. The summed E-state index contributed by atoms with van der Waals surface area (Å²) >= 11 is 0. The summed E-state index contributed by atoms with van der Waals surface area (Å²) in [5.74, 6) is 0.273. The van der Waals surface area contributed by atoms with E-state index >= 15 is 0 Å². The van der Waals surface area contributed by atoms with Gasteiger partial charge in [-0.15, -0.1) is 0 Å². The molecule has 3 aliphatic rings. The van der Waals surface area contributed by atoms with Gasteiger partial charge in [0.15, 0.2) is 0 Å².